The van der Waals surface area contributed by atoms with Gasteiger partial charge in [-0.25, -0.2) is 15.0 Å². The Bertz CT molecular complexity index is 1210. The molecule has 32 heavy (non-hydrogen) atoms. The lowest BCUT2D eigenvalue weighted by molar-refractivity contribution is -0.121. The number of carbonyl (C=O) groups excluding carboxylic acids is 2. The second-order valence-electron chi connectivity index (χ2n) is 8.45. The number of imidazole rings is 1. The van der Waals surface area contributed by atoms with Crippen molar-refractivity contribution in [1.82, 2.24) is 24.4 Å². The Labute approximate surface area is 185 Å². The number of rotatable bonds is 4. The Morgan fingerprint density at radius 3 is 2.75 bits per heavy atom. The lowest BCUT2D eigenvalue weighted by atomic mass is 9.73. The van der Waals surface area contributed by atoms with E-state index in [9.17, 15) is 9.59 Å². The summed E-state index contributed by atoms with van der Waals surface area (Å²) in [6.07, 6.45) is 2.86. The standard InChI is InChI=1S/C22H26N8O2/c1-28(12-9-23)20(31)19-27-16-17(29(19)2)24-13-25-18(16)30-10-7-22(8-11-30)14-5-3-4-6-15(14)26-21(22)32/h3-6,13H,7-12,23H2,1-2H3,(H,26,32). The van der Waals surface area contributed by atoms with Crippen molar-refractivity contribution in [3.05, 3.63) is 42.0 Å². The van der Waals surface area contributed by atoms with Gasteiger partial charge in [-0.05, 0) is 24.5 Å². The molecule has 0 unspecified atom stereocenters. The molecule has 3 aromatic rings. The summed E-state index contributed by atoms with van der Waals surface area (Å²) < 4.78 is 1.70. The van der Waals surface area contributed by atoms with Crippen molar-refractivity contribution in [3.8, 4) is 0 Å². The van der Waals surface area contributed by atoms with Gasteiger partial charge in [0, 0.05) is 46.0 Å². The van der Waals surface area contributed by atoms with E-state index in [0.717, 1.165) is 11.3 Å². The maximum absolute atomic E-state index is 12.9. The summed E-state index contributed by atoms with van der Waals surface area (Å²) in [6.45, 7) is 2.13. The molecule has 2 aliphatic rings. The van der Waals surface area contributed by atoms with Gasteiger partial charge in [0.1, 0.15) is 6.33 Å². The number of nitrogens with two attached hydrogens (primary N) is 1. The first-order valence-corrected chi connectivity index (χ1v) is 10.7. The first kappa shape index (κ1) is 20.4. The fourth-order valence-electron chi connectivity index (χ4n) is 4.85. The fraction of sp³-hybridized carbons (Fsp3) is 0.409. The Morgan fingerprint density at radius 2 is 2.00 bits per heavy atom. The normalized spacial score (nSPS) is 17.0. The lowest BCUT2D eigenvalue weighted by Crippen LogP contribution is -2.46. The van der Waals surface area contributed by atoms with Gasteiger partial charge in [0.2, 0.25) is 11.7 Å². The van der Waals surface area contributed by atoms with E-state index in [1.54, 1.807) is 23.6 Å². The van der Waals surface area contributed by atoms with Gasteiger partial charge in [0.15, 0.2) is 17.0 Å². The van der Waals surface area contributed by atoms with E-state index in [0.29, 0.717) is 61.8 Å². The number of likely N-dealkylation sites (N-methyl/N-ethyl adjacent to an activating group) is 1. The zero-order chi connectivity index (χ0) is 22.5. The molecule has 1 spiro atoms. The third-order valence-corrected chi connectivity index (χ3v) is 6.68. The highest BCUT2D eigenvalue weighted by molar-refractivity contribution is 6.06. The molecule has 0 atom stereocenters. The fourth-order valence-corrected chi connectivity index (χ4v) is 4.85. The van der Waals surface area contributed by atoms with Crippen molar-refractivity contribution in [3.63, 3.8) is 0 Å². The zero-order valence-electron chi connectivity index (χ0n) is 18.2. The monoisotopic (exact) mass is 434 g/mol. The highest BCUT2D eigenvalue weighted by Crippen LogP contribution is 2.45. The van der Waals surface area contributed by atoms with Crippen LogP contribution < -0.4 is 16.0 Å². The van der Waals surface area contributed by atoms with Crippen LogP contribution in [0.15, 0.2) is 30.6 Å². The van der Waals surface area contributed by atoms with Gasteiger partial charge < -0.3 is 25.4 Å². The van der Waals surface area contributed by atoms with Crippen LogP contribution in [0.5, 0.6) is 0 Å². The molecule has 0 aliphatic carbocycles. The molecule has 0 bridgehead atoms. The molecule has 5 rings (SSSR count). The largest absolute Gasteiger partial charge is 0.355 e. The molecule has 2 aromatic heterocycles. The van der Waals surface area contributed by atoms with Crippen LogP contribution in [-0.4, -0.2) is 69.5 Å². The van der Waals surface area contributed by atoms with Crippen molar-refractivity contribution < 1.29 is 9.59 Å². The summed E-state index contributed by atoms with van der Waals surface area (Å²) in [5.74, 6) is 0.849. The summed E-state index contributed by atoms with van der Waals surface area (Å²) in [5.41, 5.74) is 8.26. The Kier molecular flexibility index (Phi) is 4.81. The number of nitrogens with zero attached hydrogens (tertiary/aromatic N) is 6. The molecule has 2 aliphatic heterocycles. The molecule has 3 N–H and O–H groups in total. The van der Waals surface area contributed by atoms with Crippen molar-refractivity contribution in [2.45, 2.75) is 18.3 Å². The van der Waals surface area contributed by atoms with Crippen LogP contribution in [0.2, 0.25) is 0 Å². The second-order valence-corrected chi connectivity index (χ2v) is 8.45. The quantitative estimate of drug-likeness (QED) is 0.625. The van der Waals surface area contributed by atoms with Gasteiger partial charge >= 0.3 is 0 Å². The third kappa shape index (κ3) is 2.94. The average Bonchev–Trinajstić information content (AvgIpc) is 3.28. The Hall–Kier alpha value is -3.53. The van der Waals surface area contributed by atoms with Crippen LogP contribution in [-0.2, 0) is 17.3 Å². The van der Waals surface area contributed by atoms with Crippen molar-refractivity contribution in [1.29, 1.82) is 0 Å². The molecule has 2 amide bonds. The van der Waals surface area contributed by atoms with Gasteiger partial charge in [-0.2, -0.15) is 0 Å². The number of anilines is 2. The van der Waals surface area contributed by atoms with Gasteiger partial charge in [-0.3, -0.25) is 9.59 Å². The molecular formula is C22H26N8O2. The SMILES string of the molecule is CN(CCN)C(=O)c1nc2c(N3CCC4(CC3)C(=O)Nc3ccccc34)ncnc2n1C. The number of hydrogen-bond acceptors (Lipinski definition) is 7. The topological polar surface area (TPSA) is 122 Å². The number of piperidine rings is 1. The zero-order valence-corrected chi connectivity index (χ0v) is 18.2. The smallest absolute Gasteiger partial charge is 0.289 e. The number of aromatic nitrogens is 4. The first-order chi connectivity index (χ1) is 15.5. The minimum absolute atomic E-state index is 0.0693. The van der Waals surface area contributed by atoms with E-state index >= 15 is 0 Å². The van der Waals surface area contributed by atoms with Gasteiger partial charge in [-0.1, -0.05) is 18.2 Å². The van der Waals surface area contributed by atoms with Crippen LogP contribution in [0, 0.1) is 0 Å². The Balaban J connectivity index is 1.45. The number of benzene rings is 1. The predicted molar refractivity (Wildman–Crippen MR) is 121 cm³/mol. The molecule has 1 saturated heterocycles. The molecule has 4 heterocycles. The Morgan fingerprint density at radius 1 is 1.25 bits per heavy atom. The maximum atomic E-state index is 12.9. The van der Waals surface area contributed by atoms with E-state index < -0.39 is 5.41 Å². The summed E-state index contributed by atoms with van der Waals surface area (Å²) in [5, 5.41) is 3.04. The van der Waals surface area contributed by atoms with Crippen LogP contribution in [0.1, 0.15) is 29.0 Å². The number of amides is 2. The molecule has 0 radical (unpaired) electrons. The number of nitrogens with one attached hydrogen (secondary N) is 1. The summed E-state index contributed by atoms with van der Waals surface area (Å²) in [4.78, 5) is 42.9. The van der Waals surface area contributed by atoms with Crippen LogP contribution in [0.4, 0.5) is 11.5 Å². The maximum Gasteiger partial charge on any atom is 0.289 e. The number of hydrogen-bond donors (Lipinski definition) is 2. The van der Waals surface area contributed by atoms with E-state index in [2.05, 4.69) is 25.2 Å². The number of aryl methyl sites for hydroxylation is 1. The molecule has 10 nitrogen and oxygen atoms in total. The molecule has 0 saturated carbocycles. The van der Waals surface area contributed by atoms with E-state index in [1.165, 1.54) is 6.33 Å². The highest BCUT2D eigenvalue weighted by atomic mass is 16.2. The summed E-state index contributed by atoms with van der Waals surface area (Å²) in [7, 11) is 3.48. The van der Waals surface area contributed by atoms with E-state index in [1.807, 2.05) is 24.3 Å². The van der Waals surface area contributed by atoms with Crippen molar-refractivity contribution >= 4 is 34.5 Å². The van der Waals surface area contributed by atoms with Crippen LogP contribution in [0.25, 0.3) is 11.2 Å². The number of carbonyl (C=O) groups is 2. The molecular weight excluding hydrogens is 408 g/mol. The van der Waals surface area contributed by atoms with Gasteiger partial charge in [0.05, 0.1) is 5.41 Å². The predicted octanol–water partition coefficient (Wildman–Crippen LogP) is 0.884. The second kappa shape index (κ2) is 7.56. The van der Waals surface area contributed by atoms with Crippen LogP contribution >= 0.6 is 0 Å². The average molecular weight is 435 g/mol. The van der Waals surface area contributed by atoms with Crippen molar-refractivity contribution in [2.24, 2.45) is 12.8 Å². The van der Waals surface area contributed by atoms with Gasteiger partial charge in [-0.15, -0.1) is 0 Å². The van der Waals surface area contributed by atoms with Crippen LogP contribution in [0.3, 0.4) is 0 Å². The lowest BCUT2D eigenvalue weighted by Gasteiger charge is -2.38. The highest BCUT2D eigenvalue weighted by Gasteiger charge is 2.48. The number of para-hydroxylation sites is 1. The minimum Gasteiger partial charge on any atom is -0.355 e. The minimum atomic E-state index is -0.505. The first-order valence-electron chi connectivity index (χ1n) is 10.7. The molecule has 1 aromatic carbocycles. The van der Waals surface area contributed by atoms with Gasteiger partial charge in [0.25, 0.3) is 5.91 Å². The van der Waals surface area contributed by atoms with E-state index in [-0.39, 0.29) is 11.8 Å². The van der Waals surface area contributed by atoms with E-state index in [4.69, 9.17) is 5.73 Å². The third-order valence-electron chi connectivity index (χ3n) is 6.68. The summed E-state index contributed by atoms with van der Waals surface area (Å²) in [6, 6.07) is 7.92. The summed E-state index contributed by atoms with van der Waals surface area (Å²) >= 11 is 0. The molecule has 1 fully saturated rings. The van der Waals surface area contributed by atoms with Crippen molar-refractivity contribution in [2.75, 3.05) is 43.4 Å². The molecule has 10 heteroatoms. The molecule has 166 valence electrons. The number of fused-ring (bicyclic) bond motifs is 3.